The van der Waals surface area contributed by atoms with Crippen LogP contribution in [0.3, 0.4) is 0 Å². The zero-order valence-corrected chi connectivity index (χ0v) is 25.3. The molecule has 1 aliphatic heterocycles. The number of amides is 2. The molecule has 2 amide bonds. The Morgan fingerprint density at radius 2 is 1.82 bits per heavy atom. The lowest BCUT2D eigenvalue weighted by atomic mass is 10.1. The molecule has 1 saturated heterocycles. The number of methoxy groups -OCH3 is 2. The average Bonchev–Trinajstić information content (AvgIpc) is 3.59. The highest BCUT2D eigenvalue weighted by molar-refractivity contribution is 5.78. The first-order chi connectivity index (χ1) is 21.3. The molecule has 12 nitrogen and oxygen atoms in total. The Morgan fingerprint density at radius 1 is 1.02 bits per heavy atom. The van der Waals surface area contributed by atoms with Crippen LogP contribution >= 0.6 is 0 Å². The molecule has 0 bridgehead atoms. The van der Waals surface area contributed by atoms with Crippen molar-refractivity contribution in [2.45, 2.75) is 39.0 Å². The molecule has 1 fully saturated rings. The molecule has 2 aromatic carbocycles. The lowest BCUT2D eigenvalue weighted by Gasteiger charge is -2.41. The summed E-state index contributed by atoms with van der Waals surface area (Å²) in [5.41, 5.74) is 2.55. The third kappa shape index (κ3) is 7.25. The highest BCUT2D eigenvalue weighted by Gasteiger charge is 2.33. The number of carbonyl (C=O) groups excluding carboxylic acids is 2. The van der Waals surface area contributed by atoms with E-state index in [9.17, 15) is 9.59 Å². The smallest absolute Gasteiger partial charge is 0.410 e. The molecule has 0 saturated carbocycles. The largest absolute Gasteiger partial charge is 0.493 e. The molecule has 12 heteroatoms. The van der Waals surface area contributed by atoms with Gasteiger partial charge in [0.2, 0.25) is 11.9 Å². The van der Waals surface area contributed by atoms with Gasteiger partial charge in [-0.25, -0.2) is 14.8 Å². The summed E-state index contributed by atoms with van der Waals surface area (Å²) in [6.07, 6.45) is 4.79. The van der Waals surface area contributed by atoms with Crippen molar-refractivity contribution in [3.05, 3.63) is 90.1 Å². The molecule has 3 heterocycles. The third-order valence-corrected chi connectivity index (χ3v) is 7.51. The number of nitrogens with one attached hydrogen (secondary N) is 1. The number of nitrogens with zero attached hydrogens (tertiary/aromatic N) is 6. The van der Waals surface area contributed by atoms with Crippen molar-refractivity contribution in [1.82, 2.24) is 29.7 Å². The number of hydrogen-bond acceptors (Lipinski definition) is 9. The predicted molar refractivity (Wildman–Crippen MR) is 164 cm³/mol. The van der Waals surface area contributed by atoms with Crippen LogP contribution in [0, 0.1) is 6.92 Å². The average molecular weight is 600 g/mol. The van der Waals surface area contributed by atoms with E-state index in [1.165, 1.54) is 0 Å². The van der Waals surface area contributed by atoms with Crippen LogP contribution in [0.1, 0.15) is 36.2 Å². The standard InChI is InChI=1S/C32H37N7O5/c1-22-16-29(36-31(34-22)38-13-12-33-21-38)39-15-14-37(32(41)44-20-24-8-6-5-7-9-24)19-26(39)18-30(40)35-23(2)25-10-11-27(42-3)28(17-25)43-4/h5-13,16-17,21,23,26H,14-15,18-20H2,1-4H3,(H,35,40). The molecule has 4 aromatic rings. The van der Waals surface area contributed by atoms with E-state index in [4.69, 9.17) is 19.2 Å². The van der Waals surface area contributed by atoms with E-state index in [0.29, 0.717) is 36.4 Å². The van der Waals surface area contributed by atoms with Gasteiger partial charge in [-0.2, -0.15) is 4.98 Å². The fourth-order valence-electron chi connectivity index (χ4n) is 5.20. The Bertz CT molecular complexity index is 1560. The monoisotopic (exact) mass is 599 g/mol. The molecule has 2 atom stereocenters. The fourth-order valence-corrected chi connectivity index (χ4v) is 5.20. The summed E-state index contributed by atoms with van der Waals surface area (Å²) >= 11 is 0. The molecular formula is C32H37N7O5. The quantitative estimate of drug-likeness (QED) is 0.287. The van der Waals surface area contributed by atoms with Crippen LogP contribution in [0.4, 0.5) is 10.6 Å². The molecule has 1 aliphatic rings. The molecule has 2 unspecified atom stereocenters. The molecule has 230 valence electrons. The molecule has 2 aromatic heterocycles. The zero-order chi connectivity index (χ0) is 31.1. The van der Waals surface area contributed by atoms with E-state index in [2.05, 4.69) is 20.2 Å². The number of imidazole rings is 1. The molecule has 0 aliphatic carbocycles. The normalized spacial score (nSPS) is 15.4. The SMILES string of the molecule is COc1ccc(C(C)NC(=O)CC2CN(C(=O)OCc3ccccc3)CCN2c2cc(C)nc(-n3ccnc3)n2)cc1OC. The van der Waals surface area contributed by atoms with Crippen molar-refractivity contribution in [2.75, 3.05) is 38.8 Å². The number of anilines is 1. The van der Waals surface area contributed by atoms with Crippen LogP contribution in [0.25, 0.3) is 5.95 Å². The van der Waals surface area contributed by atoms with Crippen molar-refractivity contribution >= 4 is 17.8 Å². The zero-order valence-electron chi connectivity index (χ0n) is 25.3. The maximum atomic E-state index is 13.5. The van der Waals surface area contributed by atoms with Gasteiger partial charge >= 0.3 is 6.09 Å². The van der Waals surface area contributed by atoms with E-state index < -0.39 is 6.09 Å². The first-order valence-corrected chi connectivity index (χ1v) is 14.4. The van der Waals surface area contributed by atoms with E-state index in [1.54, 1.807) is 42.4 Å². The van der Waals surface area contributed by atoms with Gasteiger partial charge in [-0.3, -0.25) is 9.36 Å². The summed E-state index contributed by atoms with van der Waals surface area (Å²) in [6, 6.07) is 16.3. The van der Waals surface area contributed by atoms with Gasteiger partial charge in [0, 0.05) is 50.2 Å². The van der Waals surface area contributed by atoms with Crippen molar-refractivity contribution in [2.24, 2.45) is 0 Å². The van der Waals surface area contributed by atoms with Gasteiger partial charge in [0.05, 0.1) is 26.3 Å². The lowest BCUT2D eigenvalue weighted by molar-refractivity contribution is -0.122. The van der Waals surface area contributed by atoms with Gasteiger partial charge in [0.25, 0.3) is 0 Å². The summed E-state index contributed by atoms with van der Waals surface area (Å²) in [5.74, 6) is 2.18. The van der Waals surface area contributed by atoms with Gasteiger partial charge < -0.3 is 29.3 Å². The summed E-state index contributed by atoms with van der Waals surface area (Å²) in [6.45, 7) is 5.15. The minimum atomic E-state index is -0.421. The number of hydrogen-bond donors (Lipinski definition) is 1. The Kier molecular flexibility index (Phi) is 9.58. The van der Waals surface area contributed by atoms with E-state index >= 15 is 0 Å². The second kappa shape index (κ2) is 13.9. The number of aromatic nitrogens is 4. The van der Waals surface area contributed by atoms with Crippen LogP contribution in [0.2, 0.25) is 0 Å². The second-order valence-electron chi connectivity index (χ2n) is 10.6. The number of rotatable bonds is 10. The Hall–Kier alpha value is -5.13. The first kappa shape index (κ1) is 30.3. The second-order valence-corrected chi connectivity index (χ2v) is 10.6. The third-order valence-electron chi connectivity index (χ3n) is 7.51. The van der Waals surface area contributed by atoms with Crippen LogP contribution in [0.15, 0.2) is 73.3 Å². The maximum absolute atomic E-state index is 13.5. The van der Waals surface area contributed by atoms with Crippen molar-refractivity contribution in [3.63, 3.8) is 0 Å². The summed E-state index contributed by atoms with van der Waals surface area (Å²) in [4.78, 5) is 43.8. The number of ether oxygens (including phenoxy) is 3. The highest BCUT2D eigenvalue weighted by atomic mass is 16.6. The summed E-state index contributed by atoms with van der Waals surface area (Å²) in [5, 5.41) is 3.10. The van der Waals surface area contributed by atoms with Gasteiger partial charge in [0.1, 0.15) is 18.8 Å². The van der Waals surface area contributed by atoms with E-state index in [-0.39, 0.29) is 37.6 Å². The minimum absolute atomic E-state index is 0.129. The van der Waals surface area contributed by atoms with Crippen LogP contribution in [-0.2, 0) is 16.1 Å². The summed E-state index contributed by atoms with van der Waals surface area (Å²) in [7, 11) is 3.16. The fraction of sp³-hybridized carbons (Fsp3) is 0.344. The number of carbonyl (C=O) groups is 2. The summed E-state index contributed by atoms with van der Waals surface area (Å²) < 4.78 is 18.1. The van der Waals surface area contributed by atoms with Gasteiger partial charge in [-0.15, -0.1) is 0 Å². The Morgan fingerprint density at radius 3 is 2.55 bits per heavy atom. The molecular weight excluding hydrogens is 562 g/mol. The van der Waals surface area contributed by atoms with Gasteiger partial charge in [-0.1, -0.05) is 36.4 Å². The topological polar surface area (TPSA) is 124 Å². The molecule has 44 heavy (non-hydrogen) atoms. The number of aryl methyl sites for hydroxylation is 1. The predicted octanol–water partition coefficient (Wildman–Crippen LogP) is 4.08. The van der Waals surface area contributed by atoms with Crippen LogP contribution < -0.4 is 19.7 Å². The molecule has 5 rings (SSSR count). The van der Waals surface area contributed by atoms with Crippen molar-refractivity contribution in [3.8, 4) is 17.4 Å². The maximum Gasteiger partial charge on any atom is 0.410 e. The van der Waals surface area contributed by atoms with Crippen LogP contribution in [-0.4, -0.2) is 76.3 Å². The molecule has 0 radical (unpaired) electrons. The minimum Gasteiger partial charge on any atom is -0.493 e. The molecule has 1 N–H and O–H groups in total. The van der Waals surface area contributed by atoms with Crippen molar-refractivity contribution in [1.29, 1.82) is 0 Å². The van der Waals surface area contributed by atoms with Crippen LogP contribution in [0.5, 0.6) is 11.5 Å². The number of benzene rings is 2. The van der Waals surface area contributed by atoms with Crippen molar-refractivity contribution < 1.29 is 23.8 Å². The Labute approximate surface area is 256 Å². The van der Waals surface area contributed by atoms with Gasteiger partial charge in [-0.05, 0) is 37.1 Å². The first-order valence-electron chi connectivity index (χ1n) is 14.4. The van der Waals surface area contributed by atoms with E-state index in [1.807, 2.05) is 68.4 Å². The highest BCUT2D eigenvalue weighted by Crippen LogP contribution is 2.30. The number of piperazine rings is 1. The Balaban J connectivity index is 1.34. The van der Waals surface area contributed by atoms with E-state index in [0.717, 1.165) is 16.8 Å². The molecule has 0 spiro atoms. The lowest BCUT2D eigenvalue weighted by Crippen LogP contribution is -2.56. The van der Waals surface area contributed by atoms with Gasteiger partial charge in [0.15, 0.2) is 11.5 Å².